The number of aliphatic hydroxyl groups is 1. The van der Waals surface area contributed by atoms with Gasteiger partial charge in [-0.1, -0.05) is 71.4 Å². The third-order valence-corrected chi connectivity index (χ3v) is 5.27. The van der Waals surface area contributed by atoms with E-state index in [2.05, 4.69) is 67.6 Å². The van der Waals surface area contributed by atoms with Gasteiger partial charge >= 0.3 is 0 Å². The number of hydrogen-bond acceptors (Lipinski definition) is 4. The summed E-state index contributed by atoms with van der Waals surface area (Å²) in [6.45, 7) is 6.77. The van der Waals surface area contributed by atoms with E-state index < -0.39 is 6.10 Å². The Morgan fingerprint density at radius 3 is 1.93 bits per heavy atom. The van der Waals surface area contributed by atoms with Crippen molar-refractivity contribution in [2.75, 3.05) is 18.5 Å². The van der Waals surface area contributed by atoms with Crippen molar-refractivity contribution in [2.24, 2.45) is 5.16 Å². The zero-order chi connectivity index (χ0) is 20.4. The topological polar surface area (TPSA) is 53.8 Å². The highest BCUT2D eigenvalue weighted by Gasteiger charge is 2.24. The van der Waals surface area contributed by atoms with Gasteiger partial charge in [0.2, 0.25) is 0 Å². The highest BCUT2D eigenvalue weighted by atomic mass is 16.6. The molecule has 1 atom stereocenters. The number of fused-ring (bicyclic) bond motifs is 3. The number of benzene rings is 3. The summed E-state index contributed by atoms with van der Waals surface area (Å²) in [5, 5.41) is 18.1. The largest absolute Gasteiger partial charge is 0.392 e. The first-order valence-corrected chi connectivity index (χ1v) is 9.93. The Morgan fingerprint density at radius 2 is 1.38 bits per heavy atom. The van der Waals surface area contributed by atoms with E-state index in [0.717, 1.165) is 33.7 Å². The number of aryl methyl sites for hydroxylation is 3. The van der Waals surface area contributed by atoms with Crippen molar-refractivity contribution in [3.8, 4) is 11.1 Å². The quantitative estimate of drug-likeness (QED) is 0.467. The summed E-state index contributed by atoms with van der Waals surface area (Å²) in [5.74, 6) is 0. The highest BCUT2D eigenvalue weighted by Crippen LogP contribution is 2.36. The number of rotatable bonds is 6. The minimum Gasteiger partial charge on any atom is -0.392 e. The van der Waals surface area contributed by atoms with Gasteiger partial charge in [0, 0.05) is 23.4 Å². The molecule has 1 unspecified atom stereocenters. The van der Waals surface area contributed by atoms with Crippen molar-refractivity contribution in [1.29, 1.82) is 0 Å². The minimum atomic E-state index is -0.661. The van der Waals surface area contributed by atoms with Gasteiger partial charge in [-0.15, -0.1) is 0 Å². The molecule has 0 spiro atoms. The van der Waals surface area contributed by atoms with Crippen LogP contribution in [0.15, 0.2) is 65.8 Å². The van der Waals surface area contributed by atoms with Crippen LogP contribution >= 0.6 is 0 Å². The average Bonchev–Trinajstić information content (AvgIpc) is 3.01. The second-order valence-corrected chi connectivity index (χ2v) is 7.64. The number of hydrogen-bond donors (Lipinski definition) is 2. The zero-order valence-corrected chi connectivity index (χ0v) is 17.1. The van der Waals surface area contributed by atoms with Crippen molar-refractivity contribution in [1.82, 2.24) is 0 Å². The number of oxime groups is 1. The summed E-state index contributed by atoms with van der Waals surface area (Å²) in [6, 6.07) is 20.7. The van der Waals surface area contributed by atoms with Crippen LogP contribution in [0.1, 0.15) is 27.8 Å². The van der Waals surface area contributed by atoms with Crippen LogP contribution < -0.4 is 5.32 Å². The fourth-order valence-corrected chi connectivity index (χ4v) is 4.02. The van der Waals surface area contributed by atoms with E-state index in [0.29, 0.717) is 6.54 Å². The molecule has 4 rings (SSSR count). The van der Waals surface area contributed by atoms with Crippen LogP contribution in [-0.4, -0.2) is 30.1 Å². The predicted molar refractivity (Wildman–Crippen MR) is 119 cm³/mol. The van der Waals surface area contributed by atoms with Crippen LogP contribution in [0.25, 0.3) is 11.1 Å². The molecule has 0 radical (unpaired) electrons. The van der Waals surface area contributed by atoms with Gasteiger partial charge in [0.1, 0.15) is 18.4 Å². The van der Waals surface area contributed by atoms with Crippen LogP contribution in [-0.2, 0) is 4.84 Å². The van der Waals surface area contributed by atoms with E-state index in [1.807, 2.05) is 24.3 Å². The van der Waals surface area contributed by atoms with E-state index in [1.165, 1.54) is 16.7 Å². The number of aliphatic hydroxyl groups excluding tert-OH is 1. The number of anilines is 1. The normalized spacial score (nSPS) is 12.9. The lowest BCUT2D eigenvalue weighted by Crippen LogP contribution is -2.25. The summed E-state index contributed by atoms with van der Waals surface area (Å²) in [7, 11) is 0. The van der Waals surface area contributed by atoms with Gasteiger partial charge in [-0.3, -0.25) is 0 Å². The Labute approximate surface area is 171 Å². The predicted octanol–water partition coefficient (Wildman–Crippen LogP) is 4.83. The Balaban J connectivity index is 1.42. The second-order valence-electron chi connectivity index (χ2n) is 7.64. The molecule has 0 heterocycles. The molecule has 4 heteroatoms. The minimum absolute atomic E-state index is 0.130. The molecule has 0 saturated heterocycles. The Kier molecular flexibility index (Phi) is 5.36. The van der Waals surface area contributed by atoms with Crippen LogP contribution in [0.2, 0.25) is 0 Å². The van der Waals surface area contributed by atoms with Gasteiger partial charge in [0.15, 0.2) is 0 Å². The molecule has 0 amide bonds. The molecule has 2 N–H and O–H groups in total. The molecular formula is C25H26N2O2. The Bertz CT molecular complexity index is 1000. The van der Waals surface area contributed by atoms with E-state index in [4.69, 9.17) is 4.84 Å². The zero-order valence-electron chi connectivity index (χ0n) is 17.1. The lowest BCUT2D eigenvalue weighted by Gasteiger charge is -2.16. The van der Waals surface area contributed by atoms with Crippen molar-refractivity contribution >= 4 is 11.4 Å². The first-order valence-electron chi connectivity index (χ1n) is 9.93. The van der Waals surface area contributed by atoms with Crippen molar-refractivity contribution in [3.05, 3.63) is 88.5 Å². The lowest BCUT2D eigenvalue weighted by molar-refractivity contribution is 0.0472. The molecule has 3 aromatic rings. The lowest BCUT2D eigenvalue weighted by atomic mass is 10.1. The number of nitrogens with one attached hydrogen (secondary N) is 1. The Morgan fingerprint density at radius 1 is 0.862 bits per heavy atom. The first-order chi connectivity index (χ1) is 14.0. The van der Waals surface area contributed by atoms with Gasteiger partial charge in [-0.2, -0.15) is 0 Å². The van der Waals surface area contributed by atoms with Gasteiger partial charge in [-0.25, -0.2) is 0 Å². The fourth-order valence-electron chi connectivity index (χ4n) is 4.02. The van der Waals surface area contributed by atoms with Crippen molar-refractivity contribution < 1.29 is 9.94 Å². The second kappa shape index (κ2) is 8.10. The molecule has 0 bridgehead atoms. The molecule has 0 saturated carbocycles. The van der Waals surface area contributed by atoms with E-state index in [1.54, 1.807) is 0 Å². The van der Waals surface area contributed by atoms with E-state index >= 15 is 0 Å². The SMILES string of the molecule is Cc1cc(C)c(NCC(O)CON=C2c3ccccc3-c3ccccc32)c(C)c1. The summed E-state index contributed by atoms with van der Waals surface area (Å²) in [5.41, 5.74) is 9.93. The van der Waals surface area contributed by atoms with Crippen LogP contribution in [0.4, 0.5) is 5.69 Å². The van der Waals surface area contributed by atoms with Crippen molar-refractivity contribution in [2.45, 2.75) is 26.9 Å². The molecule has 0 aliphatic heterocycles. The van der Waals surface area contributed by atoms with Gasteiger partial charge in [0.05, 0.1) is 0 Å². The molecule has 0 aromatic heterocycles. The van der Waals surface area contributed by atoms with Crippen LogP contribution in [0, 0.1) is 20.8 Å². The van der Waals surface area contributed by atoms with Gasteiger partial charge in [-0.05, 0) is 43.0 Å². The summed E-state index contributed by atoms with van der Waals surface area (Å²) in [6.07, 6.45) is -0.661. The Hall–Kier alpha value is -3.11. The summed E-state index contributed by atoms with van der Waals surface area (Å²) >= 11 is 0. The third kappa shape index (κ3) is 3.89. The molecule has 1 aliphatic carbocycles. The summed E-state index contributed by atoms with van der Waals surface area (Å²) in [4.78, 5) is 5.56. The molecule has 0 fully saturated rings. The fraction of sp³-hybridized carbons (Fsp3) is 0.240. The van der Waals surface area contributed by atoms with E-state index in [-0.39, 0.29) is 6.61 Å². The molecule has 1 aliphatic rings. The summed E-state index contributed by atoms with van der Waals surface area (Å²) < 4.78 is 0. The van der Waals surface area contributed by atoms with Gasteiger partial charge in [0.25, 0.3) is 0 Å². The first kappa shape index (κ1) is 19.2. The molecule has 3 aromatic carbocycles. The maximum absolute atomic E-state index is 10.4. The monoisotopic (exact) mass is 386 g/mol. The van der Waals surface area contributed by atoms with E-state index in [9.17, 15) is 5.11 Å². The molecular weight excluding hydrogens is 360 g/mol. The van der Waals surface area contributed by atoms with Crippen molar-refractivity contribution in [3.63, 3.8) is 0 Å². The highest BCUT2D eigenvalue weighted by molar-refractivity contribution is 6.24. The smallest absolute Gasteiger partial charge is 0.144 e. The van der Waals surface area contributed by atoms with Crippen LogP contribution in [0.3, 0.4) is 0 Å². The molecule has 148 valence electrons. The standard InChI is InChI=1S/C25H26N2O2/c1-16-12-17(2)24(18(3)13-16)26-14-19(28)15-29-27-25-22-10-6-4-8-20(22)21-9-5-7-11-23(21)25/h4-13,19,26,28H,14-15H2,1-3H3. The van der Waals surface area contributed by atoms with Gasteiger partial charge < -0.3 is 15.3 Å². The van der Waals surface area contributed by atoms with Crippen LogP contribution in [0.5, 0.6) is 0 Å². The molecule has 29 heavy (non-hydrogen) atoms. The maximum atomic E-state index is 10.4. The number of nitrogens with zero attached hydrogens (tertiary/aromatic N) is 1. The third-order valence-electron chi connectivity index (χ3n) is 5.27. The average molecular weight is 386 g/mol. The molecule has 4 nitrogen and oxygen atoms in total. The maximum Gasteiger partial charge on any atom is 0.144 e.